The summed E-state index contributed by atoms with van der Waals surface area (Å²) >= 11 is 1.27. The van der Waals surface area contributed by atoms with Crippen LogP contribution in [0.2, 0.25) is 0 Å². The molecule has 0 amide bonds. The molecule has 0 radical (unpaired) electrons. The summed E-state index contributed by atoms with van der Waals surface area (Å²) in [5, 5.41) is 0. The first-order valence-corrected chi connectivity index (χ1v) is 9.77. The molecule has 114 valence electrons. The van der Waals surface area contributed by atoms with Crippen molar-refractivity contribution in [3.05, 3.63) is 0 Å². The fourth-order valence-electron chi connectivity index (χ4n) is 1.55. The van der Waals surface area contributed by atoms with Gasteiger partial charge in [0.05, 0.1) is 30.8 Å². The largest absolute Gasteiger partial charge is 0.391 e. The maximum Gasteiger partial charge on any atom is 0.391 e. The predicted octanol–water partition coefficient (Wildman–Crippen LogP) is 3.36. The van der Waals surface area contributed by atoms with Gasteiger partial charge >= 0.3 is 6.80 Å². The first kappa shape index (κ1) is 17.5. The van der Waals surface area contributed by atoms with Gasteiger partial charge in [-0.05, 0) is 46.0 Å². The highest BCUT2D eigenvalue weighted by Gasteiger charge is 2.33. The minimum absolute atomic E-state index is 0.120. The lowest BCUT2D eigenvalue weighted by molar-refractivity contribution is 0.0472. The van der Waals surface area contributed by atoms with E-state index in [2.05, 4.69) is 4.90 Å². The van der Waals surface area contributed by atoms with Crippen molar-refractivity contribution in [3.63, 3.8) is 0 Å². The van der Waals surface area contributed by atoms with Crippen LogP contribution in [-0.4, -0.2) is 48.8 Å². The number of hydrogen-bond acceptors (Lipinski definition) is 6. The number of morpholine rings is 1. The lowest BCUT2D eigenvalue weighted by Crippen LogP contribution is -2.36. The van der Waals surface area contributed by atoms with Gasteiger partial charge in [-0.2, -0.15) is 0 Å². The Morgan fingerprint density at radius 2 is 1.89 bits per heavy atom. The summed E-state index contributed by atoms with van der Waals surface area (Å²) in [6.45, 7) is 9.47. The van der Waals surface area contributed by atoms with Crippen LogP contribution in [0.4, 0.5) is 0 Å². The van der Waals surface area contributed by atoms with E-state index in [0.29, 0.717) is 5.88 Å². The quantitative estimate of drug-likeness (QED) is 0.701. The van der Waals surface area contributed by atoms with Gasteiger partial charge in [-0.1, -0.05) is 0 Å². The second-order valence-corrected chi connectivity index (χ2v) is 9.71. The van der Waals surface area contributed by atoms with Gasteiger partial charge in [0.25, 0.3) is 0 Å². The van der Waals surface area contributed by atoms with E-state index < -0.39 is 12.4 Å². The zero-order chi connectivity index (χ0) is 14.5. The maximum atomic E-state index is 12.7. The molecule has 1 saturated heterocycles. The Morgan fingerprint density at radius 1 is 1.32 bits per heavy atom. The van der Waals surface area contributed by atoms with Crippen molar-refractivity contribution in [2.24, 2.45) is 0 Å². The van der Waals surface area contributed by atoms with E-state index in [4.69, 9.17) is 13.8 Å². The van der Waals surface area contributed by atoms with E-state index in [1.807, 2.05) is 34.6 Å². The van der Waals surface area contributed by atoms with Crippen LogP contribution in [0.3, 0.4) is 0 Å². The fourth-order valence-corrected chi connectivity index (χ4v) is 5.90. The molecule has 7 heteroatoms. The molecule has 1 unspecified atom stereocenters. The molecule has 0 bridgehead atoms. The third-order valence-electron chi connectivity index (χ3n) is 2.23. The van der Waals surface area contributed by atoms with Crippen molar-refractivity contribution in [2.45, 2.75) is 46.3 Å². The highest BCUT2D eigenvalue weighted by molar-refractivity contribution is 8.55. The van der Waals surface area contributed by atoms with E-state index >= 15 is 0 Å². The molecule has 0 aromatic heterocycles. The Kier molecular flexibility index (Phi) is 6.84. The standard InChI is InChI=1S/C12H26NO4PS/c1-11(2)16-18(14,17-12(3,4)5)19-10-13-6-8-15-9-7-13/h11H,6-10H2,1-5H3. The normalized spacial score (nSPS) is 21.6. The highest BCUT2D eigenvalue weighted by Crippen LogP contribution is 2.63. The van der Waals surface area contributed by atoms with Crippen molar-refractivity contribution < 1.29 is 18.3 Å². The van der Waals surface area contributed by atoms with Crippen LogP contribution >= 0.6 is 18.2 Å². The van der Waals surface area contributed by atoms with E-state index in [0.717, 1.165) is 26.3 Å². The highest BCUT2D eigenvalue weighted by atomic mass is 32.7. The number of hydrogen-bond donors (Lipinski definition) is 0. The second-order valence-electron chi connectivity index (χ2n) is 5.79. The van der Waals surface area contributed by atoms with Gasteiger partial charge in [-0.3, -0.25) is 13.9 Å². The summed E-state index contributed by atoms with van der Waals surface area (Å²) in [5.41, 5.74) is -0.484. The third-order valence-corrected chi connectivity index (χ3v) is 6.25. The minimum atomic E-state index is -3.13. The Balaban J connectivity index is 2.55. The van der Waals surface area contributed by atoms with Crippen LogP contribution in [0.25, 0.3) is 0 Å². The van der Waals surface area contributed by atoms with Crippen molar-refractivity contribution in [3.8, 4) is 0 Å². The van der Waals surface area contributed by atoms with Crippen LogP contribution in [0, 0.1) is 0 Å². The molecule has 5 nitrogen and oxygen atoms in total. The van der Waals surface area contributed by atoms with Crippen LogP contribution in [0.5, 0.6) is 0 Å². The van der Waals surface area contributed by atoms with E-state index in [1.165, 1.54) is 11.4 Å². The molecule has 0 aromatic carbocycles. The SMILES string of the molecule is CC(C)OP(=O)(OC(C)(C)C)SCN1CCOCC1. The summed E-state index contributed by atoms with van der Waals surface area (Å²) in [6, 6.07) is 0. The average Bonchev–Trinajstić information content (AvgIpc) is 2.24. The zero-order valence-corrected chi connectivity index (χ0v) is 14.3. The molecule has 0 aromatic rings. The number of ether oxygens (including phenoxy) is 1. The molecule has 0 N–H and O–H groups in total. The molecule has 0 spiro atoms. The summed E-state index contributed by atoms with van der Waals surface area (Å²) < 4.78 is 29.2. The van der Waals surface area contributed by atoms with Gasteiger partial charge in [0.1, 0.15) is 0 Å². The molecule has 0 saturated carbocycles. The average molecular weight is 311 g/mol. The number of rotatable bonds is 6. The van der Waals surface area contributed by atoms with Crippen LogP contribution in [0.1, 0.15) is 34.6 Å². The molecule has 0 aliphatic carbocycles. The van der Waals surface area contributed by atoms with Gasteiger partial charge in [-0.25, -0.2) is 4.57 Å². The zero-order valence-electron chi connectivity index (χ0n) is 12.5. The van der Waals surface area contributed by atoms with Crippen molar-refractivity contribution in [2.75, 3.05) is 32.2 Å². The Morgan fingerprint density at radius 3 is 2.37 bits per heavy atom. The molecule has 1 aliphatic rings. The molecule has 1 atom stereocenters. The van der Waals surface area contributed by atoms with Crippen LogP contribution in [-0.2, 0) is 18.3 Å². The van der Waals surface area contributed by atoms with Crippen molar-refractivity contribution in [1.29, 1.82) is 0 Å². The summed E-state index contributed by atoms with van der Waals surface area (Å²) in [6.07, 6.45) is -0.120. The molecule has 1 heterocycles. The smallest absolute Gasteiger partial charge is 0.379 e. The Bertz CT molecular complexity index is 313. The first-order valence-electron chi connectivity index (χ1n) is 6.64. The van der Waals surface area contributed by atoms with Crippen LogP contribution in [0.15, 0.2) is 0 Å². The Hall–Kier alpha value is 0.420. The molecular weight excluding hydrogens is 285 g/mol. The summed E-state index contributed by atoms with van der Waals surface area (Å²) in [5.74, 6) is 0.642. The molecule has 19 heavy (non-hydrogen) atoms. The van der Waals surface area contributed by atoms with E-state index in [-0.39, 0.29) is 6.10 Å². The van der Waals surface area contributed by atoms with E-state index in [9.17, 15) is 4.57 Å². The van der Waals surface area contributed by atoms with Gasteiger partial charge in [-0.15, -0.1) is 0 Å². The second kappa shape index (κ2) is 7.43. The van der Waals surface area contributed by atoms with Gasteiger partial charge in [0.2, 0.25) is 0 Å². The van der Waals surface area contributed by atoms with Gasteiger partial charge < -0.3 is 4.74 Å². The van der Waals surface area contributed by atoms with Crippen LogP contribution < -0.4 is 0 Å². The Labute approximate surface area is 120 Å². The van der Waals surface area contributed by atoms with Crippen molar-refractivity contribution >= 4 is 18.2 Å². The predicted molar refractivity (Wildman–Crippen MR) is 79.5 cm³/mol. The maximum absolute atomic E-state index is 12.7. The topological polar surface area (TPSA) is 48.0 Å². The van der Waals surface area contributed by atoms with Gasteiger partial charge in [0.15, 0.2) is 0 Å². The summed E-state index contributed by atoms with van der Waals surface area (Å²) in [4.78, 5) is 2.20. The minimum Gasteiger partial charge on any atom is -0.379 e. The summed E-state index contributed by atoms with van der Waals surface area (Å²) in [7, 11) is 0. The number of nitrogens with zero attached hydrogens (tertiary/aromatic N) is 1. The third kappa shape index (κ3) is 7.69. The lowest BCUT2D eigenvalue weighted by atomic mass is 10.2. The molecule has 1 rings (SSSR count). The first-order chi connectivity index (χ1) is 8.70. The monoisotopic (exact) mass is 311 g/mol. The van der Waals surface area contributed by atoms with Gasteiger partial charge in [0, 0.05) is 13.1 Å². The van der Waals surface area contributed by atoms with E-state index in [1.54, 1.807) is 0 Å². The fraction of sp³-hybridized carbons (Fsp3) is 1.00. The molecule has 1 aliphatic heterocycles. The molecular formula is C12H26NO4PS. The molecule has 1 fully saturated rings. The van der Waals surface area contributed by atoms with Crippen molar-refractivity contribution in [1.82, 2.24) is 4.90 Å². The lowest BCUT2D eigenvalue weighted by Gasteiger charge is -2.30.